The van der Waals surface area contributed by atoms with E-state index in [1.54, 1.807) is 18.2 Å². The molecule has 0 fully saturated rings. The van der Waals surface area contributed by atoms with Crippen molar-refractivity contribution in [2.75, 3.05) is 5.32 Å². The molecule has 8 heteroatoms. The lowest BCUT2D eigenvalue weighted by atomic mass is 10.2. The van der Waals surface area contributed by atoms with Crippen LogP contribution in [0.2, 0.25) is 0 Å². The maximum Gasteiger partial charge on any atom is 0.248 e. The van der Waals surface area contributed by atoms with Crippen LogP contribution in [0.5, 0.6) is 0 Å². The minimum atomic E-state index is -3.77. The number of anilines is 1. The second kappa shape index (κ2) is 8.64. The minimum absolute atomic E-state index is 0.0133. The first-order chi connectivity index (χ1) is 13.4. The Morgan fingerprint density at radius 2 is 1.86 bits per heavy atom. The average Bonchev–Trinajstić information content (AvgIpc) is 3.20. The number of hydrogen-bond donors (Lipinski definition) is 2. The zero-order chi connectivity index (χ0) is 20.0. The van der Waals surface area contributed by atoms with Gasteiger partial charge in [0, 0.05) is 11.8 Å². The summed E-state index contributed by atoms with van der Waals surface area (Å²) in [4.78, 5) is 12.1. The van der Waals surface area contributed by atoms with E-state index in [9.17, 15) is 17.6 Å². The molecule has 0 unspecified atom stereocenters. The predicted molar refractivity (Wildman–Crippen MR) is 103 cm³/mol. The van der Waals surface area contributed by atoms with Crippen molar-refractivity contribution in [3.8, 4) is 0 Å². The first-order valence-electron chi connectivity index (χ1n) is 8.29. The van der Waals surface area contributed by atoms with Gasteiger partial charge in [-0.2, -0.15) is 0 Å². The standard InChI is InChI=1S/C20H17FN2O4S/c21-16-9-6-15(7-10-16)8-11-20(24)23-17-3-1-5-19(13-17)28(25,26)22-14-18-4-2-12-27-18/h1-13,22H,14H2,(H,23,24). The number of hydrogen-bond acceptors (Lipinski definition) is 4. The molecular weight excluding hydrogens is 383 g/mol. The monoisotopic (exact) mass is 400 g/mol. The number of rotatable bonds is 7. The molecule has 0 radical (unpaired) electrons. The Hall–Kier alpha value is -3.23. The van der Waals surface area contributed by atoms with E-state index in [1.807, 2.05) is 0 Å². The lowest BCUT2D eigenvalue weighted by Gasteiger charge is -2.08. The van der Waals surface area contributed by atoms with E-state index >= 15 is 0 Å². The van der Waals surface area contributed by atoms with Crippen LogP contribution in [-0.4, -0.2) is 14.3 Å². The van der Waals surface area contributed by atoms with Gasteiger partial charge >= 0.3 is 0 Å². The van der Waals surface area contributed by atoms with Crippen LogP contribution in [0.15, 0.2) is 82.3 Å². The molecule has 6 nitrogen and oxygen atoms in total. The van der Waals surface area contributed by atoms with Gasteiger partial charge in [0.25, 0.3) is 0 Å². The van der Waals surface area contributed by atoms with E-state index in [0.717, 1.165) is 0 Å². The molecule has 3 aromatic rings. The summed E-state index contributed by atoms with van der Waals surface area (Å²) in [6.07, 6.45) is 4.27. The van der Waals surface area contributed by atoms with E-state index in [-0.39, 0.29) is 17.3 Å². The molecule has 0 atom stereocenters. The number of halogens is 1. The Morgan fingerprint density at radius 3 is 2.57 bits per heavy atom. The van der Waals surface area contributed by atoms with Gasteiger partial charge in [0.2, 0.25) is 15.9 Å². The van der Waals surface area contributed by atoms with Crippen LogP contribution >= 0.6 is 0 Å². The molecular formula is C20H17FN2O4S. The number of carbonyl (C=O) groups is 1. The third-order valence-electron chi connectivity index (χ3n) is 3.73. The molecule has 0 bridgehead atoms. The number of amides is 1. The van der Waals surface area contributed by atoms with Gasteiger partial charge in [-0.3, -0.25) is 4.79 Å². The highest BCUT2D eigenvalue weighted by molar-refractivity contribution is 7.89. The van der Waals surface area contributed by atoms with Gasteiger partial charge in [0.15, 0.2) is 0 Å². The molecule has 1 amide bonds. The molecule has 0 saturated heterocycles. The number of nitrogens with one attached hydrogen (secondary N) is 2. The molecule has 0 saturated carbocycles. The summed E-state index contributed by atoms with van der Waals surface area (Å²) in [5.74, 6) is -0.318. The molecule has 2 N–H and O–H groups in total. The topological polar surface area (TPSA) is 88.4 Å². The normalized spacial score (nSPS) is 11.6. The minimum Gasteiger partial charge on any atom is -0.468 e. The zero-order valence-electron chi connectivity index (χ0n) is 14.6. The molecule has 0 spiro atoms. The fourth-order valence-corrected chi connectivity index (χ4v) is 3.37. The van der Waals surface area contributed by atoms with Crippen molar-refractivity contribution in [1.29, 1.82) is 0 Å². The molecule has 0 aliphatic heterocycles. The van der Waals surface area contributed by atoms with E-state index in [1.165, 1.54) is 60.9 Å². The lowest BCUT2D eigenvalue weighted by molar-refractivity contribution is -0.111. The number of benzene rings is 2. The van der Waals surface area contributed by atoms with Gasteiger partial charge in [-0.05, 0) is 54.1 Å². The number of carbonyl (C=O) groups excluding carboxylic acids is 1. The van der Waals surface area contributed by atoms with Crippen molar-refractivity contribution >= 4 is 27.7 Å². The molecule has 0 aliphatic rings. The summed E-state index contributed by atoms with van der Waals surface area (Å²) in [5, 5.41) is 2.60. The maximum absolute atomic E-state index is 12.9. The summed E-state index contributed by atoms with van der Waals surface area (Å²) in [7, 11) is -3.77. The van der Waals surface area contributed by atoms with Crippen LogP contribution in [0.1, 0.15) is 11.3 Å². The third kappa shape index (κ3) is 5.38. The first kappa shape index (κ1) is 19.5. The number of furan rings is 1. The smallest absolute Gasteiger partial charge is 0.248 e. The summed E-state index contributed by atoms with van der Waals surface area (Å²) in [6.45, 7) is 0.0202. The Labute approximate surface area is 161 Å². The predicted octanol–water partition coefficient (Wildman–Crippen LogP) is 3.55. The van der Waals surface area contributed by atoms with Crippen molar-refractivity contribution in [2.24, 2.45) is 0 Å². The van der Waals surface area contributed by atoms with E-state index in [2.05, 4.69) is 10.0 Å². The number of sulfonamides is 1. The molecule has 1 aromatic heterocycles. The van der Waals surface area contributed by atoms with Crippen molar-refractivity contribution < 1.29 is 22.0 Å². The summed E-state index contributed by atoms with van der Waals surface area (Å²) in [6, 6.07) is 14.9. The fourth-order valence-electron chi connectivity index (χ4n) is 2.33. The highest BCUT2D eigenvalue weighted by Gasteiger charge is 2.15. The highest BCUT2D eigenvalue weighted by Crippen LogP contribution is 2.16. The van der Waals surface area contributed by atoms with Gasteiger partial charge in [-0.1, -0.05) is 18.2 Å². The van der Waals surface area contributed by atoms with Crippen molar-refractivity contribution in [3.05, 3.63) is 90.1 Å². The van der Waals surface area contributed by atoms with Crippen molar-refractivity contribution in [2.45, 2.75) is 11.4 Å². The summed E-state index contributed by atoms with van der Waals surface area (Å²) >= 11 is 0. The Morgan fingerprint density at radius 1 is 1.07 bits per heavy atom. The molecule has 144 valence electrons. The van der Waals surface area contributed by atoms with Crippen molar-refractivity contribution in [3.63, 3.8) is 0 Å². The van der Waals surface area contributed by atoms with Crippen LogP contribution in [-0.2, 0) is 21.4 Å². The second-order valence-electron chi connectivity index (χ2n) is 5.81. The first-order valence-corrected chi connectivity index (χ1v) is 9.77. The van der Waals surface area contributed by atoms with E-state index in [0.29, 0.717) is 17.0 Å². The summed E-state index contributed by atoms with van der Waals surface area (Å²) < 4.78 is 45.2. The zero-order valence-corrected chi connectivity index (χ0v) is 15.4. The van der Waals surface area contributed by atoms with Gasteiger partial charge in [-0.15, -0.1) is 0 Å². The third-order valence-corrected chi connectivity index (χ3v) is 5.12. The Balaban J connectivity index is 1.65. The van der Waals surface area contributed by atoms with Gasteiger partial charge in [-0.25, -0.2) is 17.5 Å². The van der Waals surface area contributed by atoms with Crippen LogP contribution in [0.4, 0.5) is 10.1 Å². The van der Waals surface area contributed by atoms with Gasteiger partial charge < -0.3 is 9.73 Å². The van der Waals surface area contributed by atoms with Gasteiger partial charge in [0.05, 0.1) is 17.7 Å². The molecule has 3 rings (SSSR count). The average molecular weight is 400 g/mol. The van der Waals surface area contributed by atoms with Crippen LogP contribution in [0.3, 0.4) is 0 Å². The molecule has 28 heavy (non-hydrogen) atoms. The van der Waals surface area contributed by atoms with E-state index < -0.39 is 15.9 Å². The summed E-state index contributed by atoms with van der Waals surface area (Å²) in [5.41, 5.74) is 0.990. The quantitative estimate of drug-likeness (QED) is 0.594. The highest BCUT2D eigenvalue weighted by atomic mass is 32.2. The van der Waals surface area contributed by atoms with Crippen LogP contribution in [0.25, 0.3) is 6.08 Å². The van der Waals surface area contributed by atoms with E-state index in [4.69, 9.17) is 4.42 Å². The van der Waals surface area contributed by atoms with Crippen LogP contribution < -0.4 is 10.0 Å². The molecule has 0 aliphatic carbocycles. The lowest BCUT2D eigenvalue weighted by Crippen LogP contribution is -2.23. The second-order valence-corrected chi connectivity index (χ2v) is 7.57. The van der Waals surface area contributed by atoms with Crippen molar-refractivity contribution in [1.82, 2.24) is 4.72 Å². The fraction of sp³-hybridized carbons (Fsp3) is 0.0500. The molecule has 2 aromatic carbocycles. The maximum atomic E-state index is 12.9. The Kier molecular flexibility index (Phi) is 6.03. The Bertz CT molecular complexity index is 1080. The van der Waals surface area contributed by atoms with Crippen LogP contribution in [0, 0.1) is 5.82 Å². The van der Waals surface area contributed by atoms with Gasteiger partial charge in [0.1, 0.15) is 11.6 Å². The largest absolute Gasteiger partial charge is 0.468 e. The molecule has 1 heterocycles. The SMILES string of the molecule is O=C(C=Cc1ccc(F)cc1)Nc1cccc(S(=O)(=O)NCc2ccco2)c1.